The molecule has 4 rings (SSSR count). The molecular formula is C30H30FLiN2O4S2. The maximum absolute atomic E-state index is 13.6. The molecular weight excluding hydrogens is 542 g/mol. The van der Waals surface area contributed by atoms with E-state index in [4.69, 9.17) is 4.74 Å². The minimum atomic E-state index is -1.05. The summed E-state index contributed by atoms with van der Waals surface area (Å²) in [4.78, 5) is 30.2. The molecule has 0 bridgehead atoms. The Bertz CT molecular complexity index is 1470. The number of carboxylic acids is 1. The van der Waals surface area contributed by atoms with E-state index in [9.17, 15) is 19.1 Å². The predicted molar refractivity (Wildman–Crippen MR) is 156 cm³/mol. The van der Waals surface area contributed by atoms with Crippen LogP contribution in [0, 0.1) is 12.7 Å². The number of aromatic nitrogens is 1. The van der Waals surface area contributed by atoms with Crippen molar-refractivity contribution < 1.29 is 44.1 Å². The average molecular weight is 573 g/mol. The van der Waals surface area contributed by atoms with Crippen molar-refractivity contribution in [3.05, 3.63) is 100 Å². The minimum Gasteiger partial charge on any atom is -1.00 e. The Labute approximate surface area is 255 Å². The van der Waals surface area contributed by atoms with Crippen molar-refractivity contribution in [2.45, 2.75) is 32.6 Å². The third-order valence-electron chi connectivity index (χ3n) is 6.12. The number of nitrogens with zero attached hydrogens (tertiary/aromatic N) is 1. The molecule has 0 unspecified atom stereocenters. The molecule has 4 aromatic rings. The van der Waals surface area contributed by atoms with Crippen molar-refractivity contribution in [2.24, 2.45) is 0 Å². The number of carboxylic acid groups (broad SMARTS) is 1. The van der Waals surface area contributed by atoms with Crippen molar-refractivity contribution in [3.8, 4) is 21.7 Å². The van der Waals surface area contributed by atoms with Crippen molar-refractivity contribution in [1.29, 1.82) is 0 Å². The van der Waals surface area contributed by atoms with Crippen LogP contribution in [0.25, 0.3) is 21.7 Å². The van der Waals surface area contributed by atoms with Gasteiger partial charge in [0.2, 0.25) is 0 Å². The van der Waals surface area contributed by atoms with Gasteiger partial charge in [-0.25, -0.2) is 14.2 Å². The Morgan fingerprint density at radius 3 is 2.62 bits per heavy atom. The summed E-state index contributed by atoms with van der Waals surface area (Å²) in [6, 6.07) is 18.6. The smallest absolute Gasteiger partial charge is 1.00 e. The van der Waals surface area contributed by atoms with Crippen LogP contribution in [0.15, 0.2) is 72.9 Å². The number of rotatable bonds is 12. The fourth-order valence-corrected chi connectivity index (χ4v) is 5.42. The Balaban J connectivity index is 0.00000294. The van der Waals surface area contributed by atoms with Crippen molar-refractivity contribution >= 4 is 35.0 Å². The molecule has 0 fully saturated rings. The summed E-state index contributed by atoms with van der Waals surface area (Å²) >= 11 is 2.98. The summed E-state index contributed by atoms with van der Waals surface area (Å²) in [5, 5.41) is 13.0. The number of amides is 1. The van der Waals surface area contributed by atoms with E-state index in [1.54, 1.807) is 18.3 Å². The second kappa shape index (κ2) is 15.2. The number of aryl methyl sites for hydroxylation is 1. The van der Waals surface area contributed by atoms with E-state index >= 15 is 0 Å². The van der Waals surface area contributed by atoms with Gasteiger partial charge in [0, 0.05) is 17.3 Å². The second-order valence-electron chi connectivity index (χ2n) is 8.98. The minimum absolute atomic E-state index is 0. The van der Waals surface area contributed by atoms with Crippen LogP contribution < -0.4 is 24.2 Å². The summed E-state index contributed by atoms with van der Waals surface area (Å²) < 4.78 is 19.5. The van der Waals surface area contributed by atoms with Gasteiger partial charge in [0.25, 0.3) is 5.91 Å². The molecule has 10 heteroatoms. The molecule has 2 N–H and O–H groups in total. The number of nitrogens with one attached hydrogen (secondary N) is 1. The number of thiazole rings is 1. The zero-order valence-corrected chi connectivity index (χ0v) is 24.3. The van der Waals surface area contributed by atoms with Crippen LogP contribution in [0.4, 0.5) is 4.39 Å². The monoisotopic (exact) mass is 572 g/mol. The molecule has 0 aliphatic rings. The Kier molecular flexibility index (Phi) is 12.0. The van der Waals surface area contributed by atoms with Crippen LogP contribution >= 0.6 is 23.1 Å². The first-order valence-corrected chi connectivity index (χ1v) is 14.6. The molecule has 3 aromatic carbocycles. The van der Waals surface area contributed by atoms with Crippen molar-refractivity contribution in [1.82, 2.24) is 10.3 Å². The maximum Gasteiger partial charge on any atom is 1.00 e. The standard InChI is InChI=1S/C30H29FN2O4S2.Li.H/c1-19-6-3-4-9-24(19)26-14-20(10-11-25(26)28(34)33-27(30(35)36)12-13-38-2)17-37-18-23-16-32-29(39-23)21-7-5-8-22(31)15-21;;/h3-11,14-16,27H,12-13,17-18H2,1-2H3,(H,33,34)(H,35,36);;/q;+1;-1/t27-;;/m0../s1. The molecule has 40 heavy (non-hydrogen) atoms. The molecule has 1 aromatic heterocycles. The van der Waals surface area contributed by atoms with E-state index in [-0.39, 0.29) is 26.1 Å². The summed E-state index contributed by atoms with van der Waals surface area (Å²) in [7, 11) is 0. The molecule has 0 saturated heterocycles. The third kappa shape index (κ3) is 8.29. The number of aliphatic carboxylic acids is 1. The Morgan fingerprint density at radius 1 is 1.10 bits per heavy atom. The van der Waals surface area contributed by atoms with Crippen LogP contribution in [0.5, 0.6) is 0 Å². The number of carbonyl (C=O) groups is 2. The molecule has 1 amide bonds. The van der Waals surface area contributed by atoms with E-state index in [1.165, 1.54) is 35.2 Å². The maximum atomic E-state index is 13.6. The molecule has 0 spiro atoms. The van der Waals surface area contributed by atoms with E-state index < -0.39 is 17.9 Å². The van der Waals surface area contributed by atoms with Gasteiger partial charge in [-0.3, -0.25) is 4.79 Å². The third-order valence-corrected chi connectivity index (χ3v) is 7.78. The number of hydrogen-bond acceptors (Lipinski definition) is 6. The van der Waals surface area contributed by atoms with Crippen LogP contribution in [0.1, 0.15) is 34.2 Å². The predicted octanol–water partition coefficient (Wildman–Crippen LogP) is 3.69. The summed E-state index contributed by atoms with van der Waals surface area (Å²) in [5.41, 5.74) is 4.61. The molecule has 204 valence electrons. The molecule has 0 aliphatic heterocycles. The van der Waals surface area contributed by atoms with Gasteiger partial charge >= 0.3 is 24.8 Å². The number of carbonyl (C=O) groups excluding carboxylic acids is 1. The number of ether oxygens (including phenoxy) is 1. The number of halogens is 1. The van der Waals surface area contributed by atoms with Gasteiger partial charge in [-0.2, -0.15) is 11.8 Å². The van der Waals surface area contributed by atoms with Gasteiger partial charge in [-0.1, -0.05) is 42.5 Å². The first-order valence-electron chi connectivity index (χ1n) is 12.4. The Hall–Kier alpha value is -2.93. The molecule has 1 atom stereocenters. The zero-order valence-electron chi connectivity index (χ0n) is 23.6. The molecule has 6 nitrogen and oxygen atoms in total. The van der Waals surface area contributed by atoms with Gasteiger partial charge in [-0.05, 0) is 71.9 Å². The molecule has 1 heterocycles. The average Bonchev–Trinajstić information content (AvgIpc) is 3.40. The van der Waals surface area contributed by atoms with Crippen LogP contribution in [0.3, 0.4) is 0 Å². The quantitative estimate of drug-likeness (QED) is 0.252. The van der Waals surface area contributed by atoms with Gasteiger partial charge < -0.3 is 16.6 Å². The van der Waals surface area contributed by atoms with E-state index in [1.807, 2.05) is 55.6 Å². The van der Waals surface area contributed by atoms with E-state index in [2.05, 4.69) is 10.3 Å². The molecule has 0 aliphatic carbocycles. The van der Waals surface area contributed by atoms with Gasteiger partial charge in [0.15, 0.2) is 0 Å². The summed E-state index contributed by atoms with van der Waals surface area (Å²) in [6.07, 6.45) is 3.97. The second-order valence-corrected chi connectivity index (χ2v) is 11.1. The van der Waals surface area contributed by atoms with Gasteiger partial charge in [-0.15, -0.1) is 11.3 Å². The van der Waals surface area contributed by atoms with Crippen LogP contribution in [0.2, 0.25) is 0 Å². The summed E-state index contributed by atoms with van der Waals surface area (Å²) in [5.74, 6) is -1.16. The zero-order chi connectivity index (χ0) is 27.8. The fourth-order valence-electron chi connectivity index (χ4n) is 4.10. The van der Waals surface area contributed by atoms with Crippen molar-refractivity contribution in [2.75, 3.05) is 12.0 Å². The van der Waals surface area contributed by atoms with Crippen molar-refractivity contribution in [3.63, 3.8) is 0 Å². The first kappa shape index (κ1) is 31.6. The SMILES string of the molecule is CSCC[C@H](NC(=O)c1ccc(COCc2cnc(-c3cccc(F)c3)s2)cc1-c1ccccc1C)C(=O)O.[H-].[Li+]. The van der Waals surface area contributed by atoms with Gasteiger partial charge in [0.1, 0.15) is 16.9 Å². The topological polar surface area (TPSA) is 88.5 Å². The van der Waals surface area contributed by atoms with E-state index in [0.29, 0.717) is 36.5 Å². The number of hydrogen-bond donors (Lipinski definition) is 2. The molecule has 0 saturated carbocycles. The normalized spacial score (nSPS) is 11.5. The summed E-state index contributed by atoms with van der Waals surface area (Å²) in [6.45, 7) is 2.61. The van der Waals surface area contributed by atoms with Gasteiger partial charge in [0.05, 0.1) is 18.1 Å². The largest absolute Gasteiger partial charge is 1.00 e. The number of thioether (sulfide) groups is 1. The van der Waals surface area contributed by atoms with Crippen LogP contribution in [-0.4, -0.2) is 40.0 Å². The Morgan fingerprint density at radius 2 is 1.90 bits per heavy atom. The van der Waals surface area contributed by atoms with E-state index in [0.717, 1.165) is 32.1 Å². The fraction of sp³-hybridized carbons (Fsp3) is 0.233. The molecule has 0 radical (unpaired) electrons. The van der Waals surface area contributed by atoms with Crippen LogP contribution in [-0.2, 0) is 22.7 Å². The number of benzene rings is 3. The first-order chi connectivity index (χ1) is 18.9.